The molecule has 0 saturated heterocycles. The molecule has 0 aliphatic rings. The molecule has 0 amide bonds. The van der Waals surface area contributed by atoms with Crippen LogP contribution < -0.4 is 0 Å². The van der Waals surface area contributed by atoms with E-state index in [0.717, 1.165) is 23.5 Å². The molecule has 0 unspecified atom stereocenters. The van der Waals surface area contributed by atoms with Crippen molar-refractivity contribution < 1.29 is 4.79 Å². The normalized spacial score (nSPS) is 10.7. The average Bonchev–Trinajstić information content (AvgIpc) is 2.20. The molecular formula is C11H14ClNOS. The maximum atomic E-state index is 10.5. The Morgan fingerprint density at radius 3 is 2.73 bits per heavy atom. The van der Waals surface area contributed by atoms with Gasteiger partial charge in [0.1, 0.15) is 6.29 Å². The summed E-state index contributed by atoms with van der Waals surface area (Å²) in [5.41, 5.74) is 0.622. The first kappa shape index (κ1) is 12.6. The molecule has 1 aromatic rings. The van der Waals surface area contributed by atoms with Crippen LogP contribution in [0.15, 0.2) is 23.1 Å². The standard InChI is InChI=1S/C11H14ClNOS/c1-13(2)5-6-15-11-4-3-9(8-14)7-10(11)12/h3-4,7-8H,5-6H2,1-2H3. The number of halogens is 1. The highest BCUT2D eigenvalue weighted by molar-refractivity contribution is 7.99. The third-order valence-corrected chi connectivity index (χ3v) is 3.37. The van der Waals surface area contributed by atoms with Crippen molar-refractivity contribution in [2.45, 2.75) is 4.90 Å². The minimum absolute atomic E-state index is 0.622. The Morgan fingerprint density at radius 2 is 2.20 bits per heavy atom. The van der Waals surface area contributed by atoms with Gasteiger partial charge < -0.3 is 4.90 Å². The zero-order valence-electron chi connectivity index (χ0n) is 8.87. The first-order valence-corrected chi connectivity index (χ1v) is 6.02. The Bertz CT molecular complexity index is 341. The van der Waals surface area contributed by atoms with Crippen LogP contribution in [0.5, 0.6) is 0 Å². The van der Waals surface area contributed by atoms with Crippen molar-refractivity contribution in [1.82, 2.24) is 4.90 Å². The van der Waals surface area contributed by atoms with E-state index >= 15 is 0 Å². The lowest BCUT2D eigenvalue weighted by Gasteiger charge is -2.09. The largest absolute Gasteiger partial charge is 0.309 e. The summed E-state index contributed by atoms with van der Waals surface area (Å²) in [5, 5.41) is 0.656. The van der Waals surface area contributed by atoms with E-state index in [0.29, 0.717) is 10.6 Å². The highest BCUT2D eigenvalue weighted by atomic mass is 35.5. The van der Waals surface area contributed by atoms with Crippen LogP contribution in [-0.4, -0.2) is 37.6 Å². The molecule has 4 heteroatoms. The fraction of sp³-hybridized carbons (Fsp3) is 0.364. The van der Waals surface area contributed by atoms with Crippen molar-refractivity contribution in [3.63, 3.8) is 0 Å². The molecule has 0 aliphatic heterocycles. The first-order chi connectivity index (χ1) is 7.13. The summed E-state index contributed by atoms with van der Waals surface area (Å²) in [6, 6.07) is 5.38. The molecule has 15 heavy (non-hydrogen) atoms. The Balaban J connectivity index is 2.58. The smallest absolute Gasteiger partial charge is 0.150 e. The Hall–Kier alpha value is -0.510. The SMILES string of the molecule is CN(C)CCSc1ccc(C=O)cc1Cl. The number of aldehydes is 1. The lowest BCUT2D eigenvalue weighted by Crippen LogP contribution is -2.14. The highest BCUT2D eigenvalue weighted by Gasteiger charge is 2.02. The zero-order valence-corrected chi connectivity index (χ0v) is 10.4. The van der Waals surface area contributed by atoms with Crippen LogP contribution in [-0.2, 0) is 0 Å². The van der Waals surface area contributed by atoms with E-state index in [1.54, 1.807) is 23.9 Å². The maximum Gasteiger partial charge on any atom is 0.150 e. The molecular weight excluding hydrogens is 230 g/mol. The number of nitrogens with zero attached hydrogens (tertiary/aromatic N) is 1. The van der Waals surface area contributed by atoms with Crippen LogP contribution in [0.1, 0.15) is 10.4 Å². The van der Waals surface area contributed by atoms with Gasteiger partial charge in [0.25, 0.3) is 0 Å². The fourth-order valence-corrected chi connectivity index (χ4v) is 2.44. The Kier molecular flexibility index (Phi) is 5.15. The molecule has 0 spiro atoms. The van der Waals surface area contributed by atoms with Crippen molar-refractivity contribution in [1.29, 1.82) is 0 Å². The van der Waals surface area contributed by atoms with Gasteiger partial charge in [-0.25, -0.2) is 0 Å². The summed E-state index contributed by atoms with van der Waals surface area (Å²) in [4.78, 5) is 13.7. The van der Waals surface area contributed by atoms with Crippen LogP contribution in [0.2, 0.25) is 5.02 Å². The summed E-state index contributed by atoms with van der Waals surface area (Å²) in [6.07, 6.45) is 0.806. The van der Waals surface area contributed by atoms with Gasteiger partial charge in [-0.2, -0.15) is 0 Å². The van der Waals surface area contributed by atoms with Crippen molar-refractivity contribution in [3.8, 4) is 0 Å². The predicted octanol–water partition coefficient (Wildman–Crippen LogP) is 2.81. The van der Waals surface area contributed by atoms with E-state index in [-0.39, 0.29) is 0 Å². The van der Waals surface area contributed by atoms with Crippen molar-refractivity contribution >= 4 is 29.6 Å². The number of rotatable bonds is 5. The molecule has 1 aromatic carbocycles. The molecule has 0 radical (unpaired) electrons. The number of carbonyl (C=O) groups is 1. The summed E-state index contributed by atoms with van der Waals surface area (Å²) < 4.78 is 0. The number of benzene rings is 1. The molecule has 2 nitrogen and oxygen atoms in total. The van der Waals surface area contributed by atoms with Crippen LogP contribution in [0.25, 0.3) is 0 Å². The van der Waals surface area contributed by atoms with Gasteiger partial charge in [-0.1, -0.05) is 17.7 Å². The second-order valence-corrected chi connectivity index (χ2v) is 5.00. The Labute approximate surface area is 99.6 Å². The van der Waals surface area contributed by atoms with Crippen LogP contribution in [0.3, 0.4) is 0 Å². The number of hydrogen-bond donors (Lipinski definition) is 0. The van der Waals surface area contributed by atoms with Crippen molar-refractivity contribution in [2.24, 2.45) is 0 Å². The topological polar surface area (TPSA) is 20.3 Å². The number of carbonyl (C=O) groups excluding carboxylic acids is 1. The number of thioether (sulfide) groups is 1. The van der Waals surface area contributed by atoms with E-state index in [1.165, 1.54) is 0 Å². The van der Waals surface area contributed by atoms with Gasteiger partial charge in [0.15, 0.2) is 0 Å². The summed E-state index contributed by atoms with van der Waals surface area (Å²) >= 11 is 7.74. The highest BCUT2D eigenvalue weighted by Crippen LogP contribution is 2.27. The van der Waals surface area contributed by atoms with E-state index in [2.05, 4.69) is 4.90 Å². The molecule has 0 bridgehead atoms. The monoisotopic (exact) mass is 243 g/mol. The molecule has 0 heterocycles. The minimum atomic E-state index is 0.622. The quantitative estimate of drug-likeness (QED) is 0.586. The first-order valence-electron chi connectivity index (χ1n) is 4.65. The zero-order chi connectivity index (χ0) is 11.3. The van der Waals surface area contributed by atoms with Crippen LogP contribution in [0, 0.1) is 0 Å². The summed E-state index contributed by atoms with van der Waals surface area (Å²) in [6.45, 7) is 1.01. The minimum Gasteiger partial charge on any atom is -0.309 e. The summed E-state index contributed by atoms with van der Waals surface area (Å²) in [7, 11) is 4.08. The second kappa shape index (κ2) is 6.16. The Morgan fingerprint density at radius 1 is 1.47 bits per heavy atom. The van der Waals surface area contributed by atoms with E-state index in [9.17, 15) is 4.79 Å². The second-order valence-electron chi connectivity index (χ2n) is 3.46. The third kappa shape index (κ3) is 4.24. The molecule has 82 valence electrons. The predicted molar refractivity (Wildman–Crippen MR) is 66.1 cm³/mol. The lowest BCUT2D eigenvalue weighted by atomic mass is 10.2. The van der Waals surface area contributed by atoms with Gasteiger partial charge in [0.05, 0.1) is 5.02 Å². The molecule has 0 aromatic heterocycles. The summed E-state index contributed by atoms with van der Waals surface area (Å²) in [5.74, 6) is 0.993. The number of hydrogen-bond acceptors (Lipinski definition) is 3. The van der Waals surface area contributed by atoms with E-state index in [1.807, 2.05) is 20.2 Å². The van der Waals surface area contributed by atoms with Gasteiger partial charge in [-0.15, -0.1) is 11.8 Å². The maximum absolute atomic E-state index is 10.5. The molecule has 0 saturated carbocycles. The molecule has 0 N–H and O–H groups in total. The molecule has 1 rings (SSSR count). The van der Waals surface area contributed by atoms with Crippen molar-refractivity contribution in [2.75, 3.05) is 26.4 Å². The fourth-order valence-electron chi connectivity index (χ4n) is 1.05. The van der Waals surface area contributed by atoms with Gasteiger partial charge in [0, 0.05) is 22.8 Å². The van der Waals surface area contributed by atoms with Crippen molar-refractivity contribution in [3.05, 3.63) is 28.8 Å². The molecule has 0 aliphatic carbocycles. The van der Waals surface area contributed by atoms with Crippen LogP contribution >= 0.6 is 23.4 Å². The van der Waals surface area contributed by atoms with Gasteiger partial charge in [-0.05, 0) is 26.2 Å². The average molecular weight is 244 g/mol. The molecule has 0 fully saturated rings. The van der Waals surface area contributed by atoms with E-state index in [4.69, 9.17) is 11.6 Å². The third-order valence-electron chi connectivity index (χ3n) is 1.89. The van der Waals surface area contributed by atoms with E-state index < -0.39 is 0 Å². The van der Waals surface area contributed by atoms with Gasteiger partial charge in [-0.3, -0.25) is 4.79 Å². The lowest BCUT2D eigenvalue weighted by molar-refractivity contribution is 0.112. The van der Waals surface area contributed by atoms with Gasteiger partial charge in [0.2, 0.25) is 0 Å². The van der Waals surface area contributed by atoms with Gasteiger partial charge >= 0.3 is 0 Å². The van der Waals surface area contributed by atoms with Crippen LogP contribution in [0.4, 0.5) is 0 Å². The molecule has 0 atom stereocenters.